The van der Waals surface area contributed by atoms with E-state index < -0.39 is 0 Å². The summed E-state index contributed by atoms with van der Waals surface area (Å²) in [4.78, 5) is 11.1. The van der Waals surface area contributed by atoms with E-state index in [4.69, 9.17) is 0 Å². The molecule has 0 aliphatic carbocycles. The molecule has 1 amide bonds. The highest BCUT2D eigenvalue weighted by Gasteiger charge is 2.07. The highest BCUT2D eigenvalue weighted by Crippen LogP contribution is 2.23. The zero-order valence-corrected chi connectivity index (χ0v) is 13.7. The van der Waals surface area contributed by atoms with E-state index in [1.807, 2.05) is 24.3 Å². The van der Waals surface area contributed by atoms with Crippen molar-refractivity contribution in [3.63, 3.8) is 0 Å². The van der Waals surface area contributed by atoms with Crippen LogP contribution < -0.4 is 10.6 Å². The summed E-state index contributed by atoms with van der Waals surface area (Å²) in [6.07, 6.45) is 0. The van der Waals surface area contributed by atoms with Gasteiger partial charge in [-0.3, -0.25) is 4.79 Å². The Balaban J connectivity index is 2.07. The fourth-order valence-electron chi connectivity index (χ4n) is 2.39. The Labute approximate surface area is 132 Å². The van der Waals surface area contributed by atoms with Crippen LogP contribution in [0.2, 0.25) is 0 Å². The zero-order valence-electron chi connectivity index (χ0n) is 13.7. The molecule has 0 aromatic heterocycles. The van der Waals surface area contributed by atoms with Gasteiger partial charge in [-0.05, 0) is 42.2 Å². The molecule has 2 aromatic carbocycles. The van der Waals surface area contributed by atoms with Gasteiger partial charge in [-0.25, -0.2) is 0 Å². The number of nitrogens with one attached hydrogen (secondary N) is 2. The lowest BCUT2D eigenvalue weighted by Crippen LogP contribution is -2.08. The molecule has 0 fully saturated rings. The molecule has 2 aromatic rings. The molecule has 3 nitrogen and oxygen atoms in total. The summed E-state index contributed by atoms with van der Waals surface area (Å²) in [6.45, 7) is 8.04. The SMILES string of the molecule is CC(=O)Nc1cccc(NC(C)c2ccc(C(C)C)cc2)c1. The van der Waals surface area contributed by atoms with Gasteiger partial charge in [0.25, 0.3) is 0 Å². The van der Waals surface area contributed by atoms with Gasteiger partial charge in [0.15, 0.2) is 0 Å². The normalized spacial score (nSPS) is 12.0. The average Bonchev–Trinajstić information content (AvgIpc) is 2.47. The summed E-state index contributed by atoms with van der Waals surface area (Å²) in [5, 5.41) is 6.27. The molecule has 0 spiro atoms. The second-order valence-electron chi connectivity index (χ2n) is 5.95. The van der Waals surface area contributed by atoms with E-state index in [0.717, 1.165) is 11.4 Å². The minimum Gasteiger partial charge on any atom is -0.378 e. The number of hydrogen-bond acceptors (Lipinski definition) is 2. The van der Waals surface area contributed by atoms with Crippen LogP contribution in [0.3, 0.4) is 0 Å². The van der Waals surface area contributed by atoms with E-state index in [-0.39, 0.29) is 11.9 Å². The smallest absolute Gasteiger partial charge is 0.221 e. The minimum atomic E-state index is -0.0607. The predicted molar refractivity (Wildman–Crippen MR) is 93.3 cm³/mol. The van der Waals surface area contributed by atoms with Crippen molar-refractivity contribution in [3.05, 3.63) is 59.7 Å². The molecule has 2 N–H and O–H groups in total. The molecule has 0 radical (unpaired) electrons. The van der Waals surface area contributed by atoms with Crippen molar-refractivity contribution in [2.45, 2.75) is 39.7 Å². The van der Waals surface area contributed by atoms with E-state index in [2.05, 4.69) is 55.7 Å². The maximum atomic E-state index is 11.1. The molecule has 3 heteroatoms. The van der Waals surface area contributed by atoms with Crippen LogP contribution in [0.5, 0.6) is 0 Å². The zero-order chi connectivity index (χ0) is 16.1. The standard InChI is InChI=1S/C19H24N2O/c1-13(2)16-8-10-17(11-9-16)14(3)20-18-6-5-7-19(12-18)21-15(4)22/h5-14,20H,1-4H3,(H,21,22). The second-order valence-corrected chi connectivity index (χ2v) is 5.95. The molecule has 1 atom stereocenters. The molecule has 1 unspecified atom stereocenters. The molecule has 0 aliphatic heterocycles. The Hall–Kier alpha value is -2.29. The maximum absolute atomic E-state index is 11.1. The number of benzene rings is 2. The number of amides is 1. The van der Waals surface area contributed by atoms with E-state index >= 15 is 0 Å². The third-order valence-corrected chi connectivity index (χ3v) is 3.67. The van der Waals surface area contributed by atoms with Crippen molar-refractivity contribution in [3.8, 4) is 0 Å². The van der Waals surface area contributed by atoms with Crippen molar-refractivity contribution in [2.75, 3.05) is 10.6 Å². The quantitative estimate of drug-likeness (QED) is 0.820. The number of anilines is 2. The van der Waals surface area contributed by atoms with Crippen molar-refractivity contribution in [2.24, 2.45) is 0 Å². The van der Waals surface area contributed by atoms with Crippen LogP contribution in [0.25, 0.3) is 0 Å². The van der Waals surface area contributed by atoms with Crippen LogP contribution in [0.1, 0.15) is 50.8 Å². The Morgan fingerprint density at radius 3 is 2.09 bits per heavy atom. The van der Waals surface area contributed by atoms with E-state index in [1.165, 1.54) is 18.1 Å². The maximum Gasteiger partial charge on any atom is 0.221 e. The molecule has 0 saturated carbocycles. The highest BCUT2D eigenvalue weighted by molar-refractivity contribution is 5.89. The van der Waals surface area contributed by atoms with Gasteiger partial charge in [0, 0.05) is 24.3 Å². The van der Waals surface area contributed by atoms with E-state index in [0.29, 0.717) is 5.92 Å². The predicted octanol–water partition coefficient (Wildman–Crippen LogP) is 4.94. The van der Waals surface area contributed by atoms with Gasteiger partial charge in [-0.1, -0.05) is 44.2 Å². The number of carbonyl (C=O) groups excluding carboxylic acids is 1. The van der Waals surface area contributed by atoms with Gasteiger partial charge in [0.1, 0.15) is 0 Å². The molecular weight excluding hydrogens is 272 g/mol. The van der Waals surface area contributed by atoms with Gasteiger partial charge in [-0.15, -0.1) is 0 Å². The first-order chi connectivity index (χ1) is 10.5. The van der Waals surface area contributed by atoms with Crippen molar-refractivity contribution in [1.82, 2.24) is 0 Å². The molecule has 0 aliphatic rings. The van der Waals surface area contributed by atoms with Crippen LogP contribution in [0, 0.1) is 0 Å². The average molecular weight is 296 g/mol. The van der Waals surface area contributed by atoms with Crippen LogP contribution in [0.4, 0.5) is 11.4 Å². The van der Waals surface area contributed by atoms with Crippen LogP contribution in [-0.2, 0) is 4.79 Å². The third kappa shape index (κ3) is 4.35. The lowest BCUT2D eigenvalue weighted by atomic mass is 9.99. The molecule has 22 heavy (non-hydrogen) atoms. The summed E-state index contributed by atoms with van der Waals surface area (Å²) < 4.78 is 0. The second kappa shape index (κ2) is 7.12. The Kier molecular flexibility index (Phi) is 5.21. The summed E-state index contributed by atoms with van der Waals surface area (Å²) in [5.74, 6) is 0.487. The Bertz CT molecular complexity index is 632. The molecule has 0 bridgehead atoms. The third-order valence-electron chi connectivity index (χ3n) is 3.67. The molecule has 2 rings (SSSR count). The highest BCUT2D eigenvalue weighted by atomic mass is 16.1. The van der Waals surface area contributed by atoms with Crippen LogP contribution in [0.15, 0.2) is 48.5 Å². The molecule has 0 heterocycles. The van der Waals surface area contributed by atoms with Gasteiger partial charge in [0.05, 0.1) is 0 Å². The van der Waals surface area contributed by atoms with Gasteiger partial charge in [-0.2, -0.15) is 0 Å². The van der Waals surface area contributed by atoms with Gasteiger partial charge >= 0.3 is 0 Å². The molecule has 0 saturated heterocycles. The van der Waals surface area contributed by atoms with Crippen molar-refractivity contribution < 1.29 is 4.79 Å². The first kappa shape index (κ1) is 16.1. The summed E-state index contributed by atoms with van der Waals surface area (Å²) in [5.41, 5.74) is 4.39. The van der Waals surface area contributed by atoms with Crippen LogP contribution >= 0.6 is 0 Å². The number of rotatable bonds is 5. The summed E-state index contributed by atoms with van der Waals surface area (Å²) in [7, 11) is 0. The first-order valence-electron chi connectivity index (χ1n) is 7.69. The lowest BCUT2D eigenvalue weighted by Gasteiger charge is -2.17. The fourth-order valence-corrected chi connectivity index (χ4v) is 2.39. The lowest BCUT2D eigenvalue weighted by molar-refractivity contribution is -0.114. The Morgan fingerprint density at radius 2 is 1.50 bits per heavy atom. The summed E-state index contributed by atoms with van der Waals surface area (Å²) >= 11 is 0. The first-order valence-corrected chi connectivity index (χ1v) is 7.69. The van der Waals surface area contributed by atoms with Gasteiger partial charge < -0.3 is 10.6 Å². The monoisotopic (exact) mass is 296 g/mol. The van der Waals surface area contributed by atoms with Crippen LogP contribution in [-0.4, -0.2) is 5.91 Å². The molecular formula is C19H24N2O. The van der Waals surface area contributed by atoms with Crippen molar-refractivity contribution in [1.29, 1.82) is 0 Å². The van der Waals surface area contributed by atoms with Gasteiger partial charge in [0.2, 0.25) is 5.91 Å². The van der Waals surface area contributed by atoms with Crippen molar-refractivity contribution >= 4 is 17.3 Å². The fraction of sp³-hybridized carbons (Fsp3) is 0.316. The largest absolute Gasteiger partial charge is 0.378 e. The minimum absolute atomic E-state index is 0.0607. The van der Waals surface area contributed by atoms with E-state index in [9.17, 15) is 4.79 Å². The molecule has 116 valence electrons. The number of carbonyl (C=O) groups is 1. The summed E-state index contributed by atoms with van der Waals surface area (Å²) in [6, 6.07) is 16.7. The number of hydrogen-bond donors (Lipinski definition) is 2. The topological polar surface area (TPSA) is 41.1 Å². The Morgan fingerprint density at radius 1 is 0.909 bits per heavy atom. The van der Waals surface area contributed by atoms with E-state index in [1.54, 1.807) is 0 Å².